The fraction of sp³-hybridized carbons (Fsp3) is 0.346. The molecule has 1 aliphatic heterocycles. The number of piperidine rings is 1. The SMILES string of the molecule is Cn1ccc(S(=O)(=O)N2CCC(CC(CC#N)n3cc(-c4ccnc(Nc5ccccc5)n4)cn3)CC2)n1. The third-order valence-corrected chi connectivity index (χ3v) is 8.55. The normalized spacial score (nSPS) is 15.7. The maximum atomic E-state index is 12.9. The first kappa shape index (κ1) is 25.6. The summed E-state index contributed by atoms with van der Waals surface area (Å²) in [6.07, 6.45) is 9.51. The molecule has 5 rings (SSSR count). The number of aryl methyl sites for hydroxylation is 1. The van der Waals surface area contributed by atoms with Gasteiger partial charge in [0.15, 0.2) is 5.03 Å². The summed E-state index contributed by atoms with van der Waals surface area (Å²) in [5.41, 5.74) is 2.46. The number of para-hydroxylation sites is 1. The van der Waals surface area contributed by atoms with Crippen molar-refractivity contribution in [1.82, 2.24) is 33.8 Å². The van der Waals surface area contributed by atoms with Gasteiger partial charge in [-0.25, -0.2) is 18.4 Å². The van der Waals surface area contributed by atoms with Gasteiger partial charge < -0.3 is 5.32 Å². The third-order valence-electron chi connectivity index (χ3n) is 6.76. The van der Waals surface area contributed by atoms with Crippen molar-refractivity contribution in [2.24, 2.45) is 13.0 Å². The molecule has 4 aromatic rings. The van der Waals surface area contributed by atoms with E-state index in [2.05, 4.69) is 31.6 Å². The summed E-state index contributed by atoms with van der Waals surface area (Å²) in [6.45, 7) is 0.872. The Morgan fingerprint density at radius 2 is 1.95 bits per heavy atom. The number of nitrogens with zero attached hydrogens (tertiary/aromatic N) is 8. The number of hydrogen-bond donors (Lipinski definition) is 1. The van der Waals surface area contributed by atoms with Crippen LogP contribution in [0.5, 0.6) is 0 Å². The summed E-state index contributed by atoms with van der Waals surface area (Å²) in [5.74, 6) is 0.777. The topological polar surface area (TPSA) is 135 Å². The Hall–Kier alpha value is -4.08. The Morgan fingerprint density at radius 1 is 1.16 bits per heavy atom. The van der Waals surface area contributed by atoms with E-state index in [1.807, 2.05) is 47.3 Å². The van der Waals surface area contributed by atoms with Crippen molar-refractivity contribution >= 4 is 21.7 Å². The van der Waals surface area contributed by atoms with E-state index >= 15 is 0 Å². The molecule has 11 nitrogen and oxygen atoms in total. The van der Waals surface area contributed by atoms with E-state index in [-0.39, 0.29) is 17.0 Å². The van der Waals surface area contributed by atoms with E-state index in [1.165, 1.54) is 15.1 Å². The van der Waals surface area contributed by atoms with Gasteiger partial charge in [0, 0.05) is 50.0 Å². The number of aromatic nitrogens is 6. The minimum atomic E-state index is -3.59. The highest BCUT2D eigenvalue weighted by Gasteiger charge is 2.32. The van der Waals surface area contributed by atoms with Crippen molar-refractivity contribution < 1.29 is 8.42 Å². The Morgan fingerprint density at radius 3 is 2.66 bits per heavy atom. The molecule has 1 N–H and O–H groups in total. The Bertz CT molecular complexity index is 1520. The molecule has 0 amide bonds. The highest BCUT2D eigenvalue weighted by molar-refractivity contribution is 7.89. The molecular weight excluding hydrogens is 502 g/mol. The summed E-state index contributed by atoms with van der Waals surface area (Å²) in [7, 11) is -1.89. The van der Waals surface area contributed by atoms with E-state index in [9.17, 15) is 13.7 Å². The van der Waals surface area contributed by atoms with Gasteiger partial charge in [-0.05, 0) is 49.4 Å². The highest BCUT2D eigenvalue weighted by Crippen LogP contribution is 2.31. The third kappa shape index (κ3) is 5.74. The molecule has 3 aromatic heterocycles. The van der Waals surface area contributed by atoms with Gasteiger partial charge in [-0.3, -0.25) is 9.36 Å². The lowest BCUT2D eigenvalue weighted by atomic mass is 9.90. The predicted molar refractivity (Wildman–Crippen MR) is 142 cm³/mol. The van der Waals surface area contributed by atoms with Crippen LogP contribution in [-0.4, -0.2) is 55.3 Å². The summed E-state index contributed by atoms with van der Waals surface area (Å²) in [5, 5.41) is 21.4. The minimum Gasteiger partial charge on any atom is -0.324 e. The molecule has 4 heterocycles. The monoisotopic (exact) mass is 531 g/mol. The highest BCUT2D eigenvalue weighted by atomic mass is 32.2. The smallest absolute Gasteiger partial charge is 0.262 e. The summed E-state index contributed by atoms with van der Waals surface area (Å²) < 4.78 is 30.6. The lowest BCUT2D eigenvalue weighted by Gasteiger charge is -2.32. The van der Waals surface area contributed by atoms with Gasteiger partial charge in [-0.1, -0.05) is 18.2 Å². The predicted octanol–water partition coefficient (Wildman–Crippen LogP) is 3.76. The van der Waals surface area contributed by atoms with Gasteiger partial charge in [0.2, 0.25) is 5.95 Å². The van der Waals surface area contributed by atoms with E-state index in [4.69, 9.17) is 0 Å². The first-order valence-electron chi connectivity index (χ1n) is 12.5. The molecular formula is C26H29N9O2S. The van der Waals surface area contributed by atoms with E-state index < -0.39 is 10.0 Å². The Labute approximate surface area is 221 Å². The standard InChI is InChI=1S/C26H29N9O2S/c1-33-14-11-25(32-33)38(36,37)34-15-9-20(10-16-34)17-23(7-12-27)35-19-21(18-29-35)24-8-13-28-26(31-24)30-22-5-3-2-4-6-22/h2-6,8,11,13-14,18-20,23H,7,9-10,15-17H2,1H3,(H,28,30,31). The van der Waals surface area contributed by atoms with Crippen molar-refractivity contribution in [3.05, 3.63) is 67.3 Å². The second kappa shape index (κ2) is 11.1. The summed E-state index contributed by atoms with van der Waals surface area (Å²) in [6, 6.07) is 15.2. The fourth-order valence-electron chi connectivity index (χ4n) is 4.72. The maximum absolute atomic E-state index is 12.9. The first-order valence-corrected chi connectivity index (χ1v) is 13.9. The van der Waals surface area contributed by atoms with Gasteiger partial charge in [-0.2, -0.15) is 19.8 Å². The molecule has 38 heavy (non-hydrogen) atoms. The molecule has 0 aliphatic carbocycles. The molecule has 0 radical (unpaired) electrons. The molecule has 1 unspecified atom stereocenters. The molecule has 0 spiro atoms. The molecule has 0 saturated carbocycles. The number of hydrogen-bond acceptors (Lipinski definition) is 8. The zero-order valence-corrected chi connectivity index (χ0v) is 21.9. The lowest BCUT2D eigenvalue weighted by Crippen LogP contribution is -2.39. The van der Waals surface area contributed by atoms with Crippen molar-refractivity contribution in [1.29, 1.82) is 5.26 Å². The molecule has 1 aromatic carbocycles. The van der Waals surface area contributed by atoms with Gasteiger partial charge in [0.05, 0.1) is 30.4 Å². The van der Waals surface area contributed by atoms with Crippen LogP contribution in [0.4, 0.5) is 11.6 Å². The number of benzene rings is 1. The van der Waals surface area contributed by atoms with E-state index in [1.54, 1.807) is 25.6 Å². The number of sulfonamides is 1. The van der Waals surface area contributed by atoms with Crippen molar-refractivity contribution in [2.45, 2.75) is 36.8 Å². The average molecular weight is 532 g/mol. The molecule has 1 fully saturated rings. The van der Waals surface area contributed by atoms with Crippen LogP contribution in [0.25, 0.3) is 11.3 Å². The maximum Gasteiger partial charge on any atom is 0.262 e. The largest absolute Gasteiger partial charge is 0.324 e. The Balaban J connectivity index is 1.24. The van der Waals surface area contributed by atoms with Gasteiger partial charge in [0.25, 0.3) is 10.0 Å². The Kier molecular flexibility index (Phi) is 7.48. The van der Waals surface area contributed by atoms with E-state index in [0.717, 1.165) is 36.2 Å². The van der Waals surface area contributed by atoms with Crippen molar-refractivity contribution in [2.75, 3.05) is 18.4 Å². The van der Waals surface area contributed by atoms with Crippen LogP contribution in [0.2, 0.25) is 0 Å². The number of anilines is 2. The van der Waals surface area contributed by atoms with Crippen LogP contribution in [0, 0.1) is 17.2 Å². The number of nitrogens with one attached hydrogen (secondary N) is 1. The van der Waals surface area contributed by atoms with Crippen LogP contribution in [0.3, 0.4) is 0 Å². The van der Waals surface area contributed by atoms with Gasteiger partial charge in [-0.15, -0.1) is 0 Å². The van der Waals surface area contributed by atoms with Crippen LogP contribution in [0.1, 0.15) is 31.7 Å². The van der Waals surface area contributed by atoms with Crippen LogP contribution in [0.15, 0.2) is 72.3 Å². The van der Waals surface area contributed by atoms with Crippen molar-refractivity contribution in [3.63, 3.8) is 0 Å². The molecule has 0 bridgehead atoms. The zero-order valence-electron chi connectivity index (χ0n) is 21.1. The molecule has 196 valence electrons. The second-order valence-corrected chi connectivity index (χ2v) is 11.3. The fourth-order valence-corrected chi connectivity index (χ4v) is 6.15. The van der Waals surface area contributed by atoms with Gasteiger partial charge >= 0.3 is 0 Å². The van der Waals surface area contributed by atoms with Gasteiger partial charge in [0.1, 0.15) is 0 Å². The zero-order chi connectivity index (χ0) is 26.5. The molecule has 1 atom stereocenters. The molecule has 1 saturated heterocycles. The van der Waals surface area contributed by atoms with E-state index in [0.29, 0.717) is 25.5 Å². The first-order chi connectivity index (χ1) is 18.4. The quantitative estimate of drug-likeness (QED) is 0.345. The van der Waals surface area contributed by atoms with Crippen molar-refractivity contribution in [3.8, 4) is 17.3 Å². The average Bonchev–Trinajstić information content (AvgIpc) is 3.60. The second-order valence-electron chi connectivity index (χ2n) is 9.39. The number of rotatable bonds is 9. The van der Waals surface area contributed by atoms with Crippen LogP contribution >= 0.6 is 0 Å². The number of nitriles is 1. The van der Waals surface area contributed by atoms with Crippen LogP contribution < -0.4 is 5.32 Å². The minimum absolute atomic E-state index is 0.0803. The summed E-state index contributed by atoms with van der Waals surface area (Å²) >= 11 is 0. The molecule has 1 aliphatic rings. The summed E-state index contributed by atoms with van der Waals surface area (Å²) in [4.78, 5) is 8.93. The lowest BCUT2D eigenvalue weighted by molar-refractivity contribution is 0.232. The van der Waals surface area contributed by atoms with Crippen LogP contribution in [-0.2, 0) is 17.1 Å². The molecule has 12 heteroatoms.